The average molecular weight is 529 g/mol. The molecule has 2 unspecified atom stereocenters. The monoisotopic (exact) mass is 528 g/mol. The van der Waals surface area contributed by atoms with Crippen molar-refractivity contribution in [2.75, 3.05) is 13.7 Å². The van der Waals surface area contributed by atoms with Gasteiger partial charge in [-0.3, -0.25) is 9.69 Å². The summed E-state index contributed by atoms with van der Waals surface area (Å²) in [7, 11) is 1.68. The van der Waals surface area contributed by atoms with Gasteiger partial charge >= 0.3 is 12.0 Å². The molecule has 4 aliphatic carbocycles. The second-order valence-corrected chi connectivity index (χ2v) is 13.7. The Labute approximate surface area is 225 Å². The lowest BCUT2D eigenvalue weighted by atomic mass is 9.56. The Hall–Kier alpha value is -2.05. The summed E-state index contributed by atoms with van der Waals surface area (Å²) < 4.78 is 5.42. The van der Waals surface area contributed by atoms with Gasteiger partial charge in [-0.25, -0.2) is 4.79 Å². The topological polar surface area (TPSA) is 78.9 Å². The van der Waals surface area contributed by atoms with Gasteiger partial charge < -0.3 is 15.2 Å². The van der Waals surface area contributed by atoms with Crippen molar-refractivity contribution >= 4 is 23.6 Å². The van der Waals surface area contributed by atoms with Crippen LogP contribution in [0.3, 0.4) is 0 Å². The van der Waals surface area contributed by atoms with Crippen molar-refractivity contribution in [3.05, 3.63) is 46.1 Å². The van der Waals surface area contributed by atoms with Crippen LogP contribution in [0.25, 0.3) is 0 Å². The summed E-state index contributed by atoms with van der Waals surface area (Å²) in [4.78, 5) is 27.5. The molecule has 5 aliphatic rings. The first-order valence-corrected chi connectivity index (χ1v) is 14.0. The minimum atomic E-state index is -0.742. The van der Waals surface area contributed by atoms with Crippen molar-refractivity contribution in [1.29, 1.82) is 0 Å². The Morgan fingerprint density at radius 3 is 2.51 bits per heavy atom. The predicted molar refractivity (Wildman–Crippen MR) is 144 cm³/mol. The Kier molecular flexibility index (Phi) is 6.27. The van der Waals surface area contributed by atoms with Crippen molar-refractivity contribution in [2.45, 2.75) is 90.1 Å². The molecule has 1 aliphatic heterocycles. The van der Waals surface area contributed by atoms with Gasteiger partial charge in [0.05, 0.1) is 23.1 Å². The number of nitrogens with one attached hydrogen (secondary N) is 1. The zero-order valence-electron chi connectivity index (χ0n) is 23.0. The van der Waals surface area contributed by atoms with Gasteiger partial charge in [0.15, 0.2) is 0 Å². The highest BCUT2D eigenvalue weighted by molar-refractivity contribution is 6.31. The number of amides is 2. The van der Waals surface area contributed by atoms with E-state index in [2.05, 4.69) is 38.2 Å². The van der Waals surface area contributed by atoms with E-state index in [1.807, 2.05) is 26.1 Å². The van der Waals surface area contributed by atoms with Crippen LogP contribution in [0.4, 0.5) is 4.79 Å². The standard InChI is InChI=1S/C30H41ClN2O4/c1-18-29(25(34)35)10-11-30(18,17-29)33-16-21(9-12-37-6)28(5,32-26(33)36)20-7-8-23(24(31)15-20)19-13-22(14-19)27(2,3)4/h7-8,15-16,18-19,22H,9-14,17H2,1-6H3,(H,32,36)(H,34,35)/t18-,19-,22+,28-,29?,30?/m0/s1. The summed E-state index contributed by atoms with van der Waals surface area (Å²) in [6, 6.07) is 6.10. The molecule has 6 nitrogen and oxygen atoms in total. The number of aliphatic carboxylic acids is 1. The van der Waals surface area contributed by atoms with Gasteiger partial charge in [-0.2, -0.15) is 0 Å². The number of urea groups is 1. The minimum Gasteiger partial charge on any atom is -0.481 e. The number of ether oxygens (including phenoxy) is 1. The number of fused-ring (bicyclic) bond motifs is 1. The number of carbonyl (C=O) groups is 2. The molecule has 0 radical (unpaired) electrons. The summed E-state index contributed by atoms with van der Waals surface area (Å²) in [5.74, 6) is 0.353. The summed E-state index contributed by atoms with van der Waals surface area (Å²) >= 11 is 6.87. The largest absolute Gasteiger partial charge is 0.481 e. The molecule has 0 spiro atoms. The van der Waals surface area contributed by atoms with Crippen LogP contribution < -0.4 is 5.32 Å². The molecule has 1 aromatic carbocycles. The third-order valence-electron chi connectivity index (χ3n) is 10.6. The zero-order chi connectivity index (χ0) is 27.0. The number of hydrogen-bond donors (Lipinski definition) is 2. The highest BCUT2D eigenvalue weighted by Gasteiger charge is 2.73. The van der Waals surface area contributed by atoms with Crippen LogP contribution >= 0.6 is 11.6 Å². The first-order valence-electron chi connectivity index (χ1n) is 13.6. The van der Waals surface area contributed by atoms with Crippen molar-refractivity contribution in [3.63, 3.8) is 0 Å². The fourth-order valence-corrected chi connectivity index (χ4v) is 7.96. The molecule has 37 heavy (non-hydrogen) atoms. The van der Waals surface area contributed by atoms with E-state index in [0.717, 1.165) is 29.0 Å². The molecule has 0 saturated heterocycles. The predicted octanol–water partition coefficient (Wildman–Crippen LogP) is 6.68. The number of halogens is 1. The Morgan fingerprint density at radius 2 is 1.97 bits per heavy atom. The molecular formula is C30H41ClN2O4. The molecule has 1 aromatic rings. The van der Waals surface area contributed by atoms with Gasteiger partial charge in [-0.15, -0.1) is 0 Å². The van der Waals surface area contributed by atoms with Gasteiger partial charge in [0.2, 0.25) is 0 Å². The molecule has 202 valence electrons. The molecule has 2 N–H and O–H groups in total. The van der Waals surface area contributed by atoms with Crippen LogP contribution in [0.5, 0.6) is 0 Å². The van der Waals surface area contributed by atoms with E-state index in [1.165, 1.54) is 5.56 Å². The number of nitrogens with zero attached hydrogens (tertiary/aromatic N) is 1. The second kappa shape index (κ2) is 8.74. The number of benzene rings is 1. The van der Waals surface area contributed by atoms with Gasteiger partial charge in [0.25, 0.3) is 0 Å². The number of carbonyl (C=O) groups excluding carboxylic acids is 1. The molecule has 6 rings (SSSR count). The molecule has 4 saturated carbocycles. The fraction of sp³-hybridized carbons (Fsp3) is 0.667. The molecule has 4 fully saturated rings. The molecular weight excluding hydrogens is 488 g/mol. The maximum absolute atomic E-state index is 13.6. The van der Waals surface area contributed by atoms with Crippen LogP contribution in [0.15, 0.2) is 30.0 Å². The first kappa shape index (κ1) is 26.6. The summed E-state index contributed by atoms with van der Waals surface area (Å²) in [6.45, 7) is 11.5. The minimum absolute atomic E-state index is 0.0966. The third-order valence-corrected chi connectivity index (χ3v) is 11.0. The quantitative estimate of drug-likeness (QED) is 0.413. The lowest BCUT2D eigenvalue weighted by molar-refractivity contribution is -0.165. The fourth-order valence-electron chi connectivity index (χ4n) is 7.63. The molecule has 1 heterocycles. The van der Waals surface area contributed by atoms with Crippen LogP contribution in [0.2, 0.25) is 5.02 Å². The van der Waals surface area contributed by atoms with Gasteiger partial charge in [-0.1, -0.05) is 51.4 Å². The van der Waals surface area contributed by atoms with Crippen LogP contribution in [0.1, 0.15) is 90.2 Å². The molecule has 0 aromatic heterocycles. The van der Waals surface area contributed by atoms with E-state index in [9.17, 15) is 14.7 Å². The molecule has 7 heteroatoms. The number of hydrogen-bond acceptors (Lipinski definition) is 3. The molecule has 4 atom stereocenters. The smallest absolute Gasteiger partial charge is 0.322 e. The molecule has 2 amide bonds. The van der Waals surface area contributed by atoms with E-state index in [1.54, 1.807) is 12.0 Å². The van der Waals surface area contributed by atoms with Crippen molar-refractivity contribution in [3.8, 4) is 0 Å². The summed E-state index contributed by atoms with van der Waals surface area (Å²) in [6.07, 6.45) is 6.76. The van der Waals surface area contributed by atoms with E-state index in [0.29, 0.717) is 49.5 Å². The summed E-state index contributed by atoms with van der Waals surface area (Å²) in [5, 5.41) is 13.9. The van der Waals surface area contributed by atoms with Gasteiger partial charge in [-0.05, 0) is 91.4 Å². The number of carboxylic acids is 1. The Morgan fingerprint density at radius 1 is 1.27 bits per heavy atom. The first-order chi connectivity index (χ1) is 17.3. The summed E-state index contributed by atoms with van der Waals surface area (Å²) in [5.41, 5.74) is 1.61. The average Bonchev–Trinajstić information content (AvgIpc) is 3.33. The third kappa shape index (κ3) is 3.84. The van der Waals surface area contributed by atoms with Gasteiger partial charge in [0.1, 0.15) is 0 Å². The maximum atomic E-state index is 13.6. The Bertz CT molecular complexity index is 1150. The number of carboxylic acid groups (broad SMARTS) is 1. The van der Waals surface area contributed by atoms with Crippen LogP contribution in [-0.4, -0.2) is 41.3 Å². The van der Waals surface area contributed by atoms with E-state index >= 15 is 0 Å². The number of methoxy groups -OCH3 is 1. The highest BCUT2D eigenvalue weighted by Crippen LogP contribution is 2.68. The van der Waals surface area contributed by atoms with E-state index in [4.69, 9.17) is 16.3 Å². The zero-order valence-corrected chi connectivity index (χ0v) is 23.7. The second-order valence-electron chi connectivity index (χ2n) is 13.3. The van der Waals surface area contributed by atoms with Crippen LogP contribution in [-0.2, 0) is 15.1 Å². The van der Waals surface area contributed by atoms with E-state index in [-0.39, 0.29) is 11.9 Å². The van der Waals surface area contributed by atoms with Gasteiger partial charge in [0, 0.05) is 18.3 Å². The molecule has 2 bridgehead atoms. The Balaban J connectivity index is 1.44. The normalized spacial score (nSPS) is 36.9. The van der Waals surface area contributed by atoms with Crippen LogP contribution in [0, 0.1) is 22.7 Å². The maximum Gasteiger partial charge on any atom is 0.322 e. The van der Waals surface area contributed by atoms with E-state index < -0.39 is 22.5 Å². The number of rotatable bonds is 7. The van der Waals surface area contributed by atoms with Crippen molar-refractivity contribution in [1.82, 2.24) is 10.2 Å². The van der Waals surface area contributed by atoms with Crippen molar-refractivity contribution in [2.24, 2.45) is 22.7 Å². The lowest BCUT2D eigenvalue weighted by Crippen LogP contribution is -2.68. The van der Waals surface area contributed by atoms with Crippen molar-refractivity contribution < 1.29 is 19.4 Å². The highest BCUT2D eigenvalue weighted by atomic mass is 35.5. The lowest BCUT2D eigenvalue weighted by Gasteiger charge is -2.57. The SMILES string of the molecule is COCCC1=CN(C23CCC(C(=O)O)(C2)[C@@H]3C)C(=O)N[C@@]1(C)c1ccc([C@H]2C[C@@H](C(C)(C)C)C2)c(Cl)c1.